The molecule has 0 saturated heterocycles. The van der Waals surface area contributed by atoms with Crippen LogP contribution in [0.2, 0.25) is 0 Å². The molecule has 1 aromatic carbocycles. The Morgan fingerprint density at radius 1 is 1.50 bits per heavy atom. The first-order valence-corrected chi connectivity index (χ1v) is 5.76. The van der Waals surface area contributed by atoms with E-state index in [-0.39, 0.29) is 12.1 Å². The van der Waals surface area contributed by atoms with E-state index in [9.17, 15) is 4.79 Å². The summed E-state index contributed by atoms with van der Waals surface area (Å²) in [6, 6.07) is 5.85. The molecule has 1 aromatic heterocycles. The van der Waals surface area contributed by atoms with E-state index >= 15 is 0 Å². The van der Waals surface area contributed by atoms with Gasteiger partial charge in [0.2, 0.25) is 0 Å². The Labute approximate surface area is 103 Å². The smallest absolute Gasteiger partial charge is 0.443 e. The van der Waals surface area contributed by atoms with Crippen LogP contribution >= 0.6 is 0 Å². The van der Waals surface area contributed by atoms with Gasteiger partial charge in [-0.3, -0.25) is 0 Å². The van der Waals surface area contributed by atoms with Gasteiger partial charge in [0, 0.05) is 19.0 Å². The highest BCUT2D eigenvalue weighted by molar-refractivity contribution is 5.53. The van der Waals surface area contributed by atoms with Crippen LogP contribution in [-0.2, 0) is 6.42 Å². The van der Waals surface area contributed by atoms with Gasteiger partial charge in [-0.25, -0.2) is 4.79 Å². The highest BCUT2D eigenvalue weighted by atomic mass is 16.5. The van der Waals surface area contributed by atoms with Crippen LogP contribution in [0.15, 0.2) is 27.4 Å². The van der Waals surface area contributed by atoms with Crippen LogP contribution in [0.5, 0.6) is 5.75 Å². The third-order valence-electron chi connectivity index (χ3n) is 2.89. The first kappa shape index (κ1) is 10.9. The Morgan fingerprint density at radius 3 is 3.06 bits per heavy atom. The summed E-state index contributed by atoms with van der Waals surface area (Å²) in [5.74, 6) is 0.180. The van der Waals surface area contributed by atoms with Crippen LogP contribution < -0.4 is 15.8 Å². The van der Waals surface area contributed by atoms with Crippen molar-refractivity contribution in [3.05, 3.63) is 34.3 Å². The van der Waals surface area contributed by atoms with Gasteiger partial charge in [-0.1, -0.05) is 12.1 Å². The lowest BCUT2D eigenvalue weighted by molar-refractivity contribution is 0.253. The average molecular weight is 247 g/mol. The molecule has 1 N–H and O–H groups in total. The van der Waals surface area contributed by atoms with Crippen molar-refractivity contribution in [3.8, 4) is 11.4 Å². The predicted molar refractivity (Wildman–Crippen MR) is 65.4 cm³/mol. The van der Waals surface area contributed by atoms with Crippen LogP contribution in [0.4, 0.5) is 6.01 Å². The van der Waals surface area contributed by atoms with Gasteiger partial charge < -0.3 is 14.5 Å². The van der Waals surface area contributed by atoms with Gasteiger partial charge in [0.15, 0.2) is 0 Å². The van der Waals surface area contributed by atoms with E-state index in [2.05, 4.69) is 10.4 Å². The van der Waals surface area contributed by atoms with Gasteiger partial charge in [0.25, 0.3) is 0 Å². The fraction of sp³-hybridized carbons (Fsp3) is 0.333. The van der Waals surface area contributed by atoms with Crippen molar-refractivity contribution in [2.24, 2.45) is 0 Å². The van der Waals surface area contributed by atoms with Gasteiger partial charge in [-0.2, -0.15) is 4.68 Å². The summed E-state index contributed by atoms with van der Waals surface area (Å²) in [4.78, 5) is 11.7. The second-order valence-electron chi connectivity index (χ2n) is 4.23. The zero-order chi connectivity index (χ0) is 12.7. The highest BCUT2D eigenvalue weighted by Gasteiger charge is 2.24. The number of aromatic nitrogens is 2. The third kappa shape index (κ3) is 1.57. The van der Waals surface area contributed by atoms with Crippen molar-refractivity contribution in [2.75, 3.05) is 12.4 Å². The molecule has 0 radical (unpaired) electrons. The number of ether oxygens (including phenoxy) is 1. The summed E-state index contributed by atoms with van der Waals surface area (Å²) in [5, 5.41) is 6.74. The van der Waals surface area contributed by atoms with Crippen LogP contribution in [0.3, 0.4) is 0 Å². The normalized spacial score (nSPS) is 17.3. The van der Waals surface area contributed by atoms with E-state index in [1.165, 1.54) is 4.68 Å². The molecule has 18 heavy (non-hydrogen) atoms. The highest BCUT2D eigenvalue weighted by Crippen LogP contribution is 2.34. The number of nitrogens with one attached hydrogen (secondary N) is 1. The first-order chi connectivity index (χ1) is 8.69. The third-order valence-corrected chi connectivity index (χ3v) is 2.89. The van der Waals surface area contributed by atoms with Crippen molar-refractivity contribution < 1.29 is 9.15 Å². The maximum Gasteiger partial charge on any atom is 0.443 e. The van der Waals surface area contributed by atoms with E-state index in [1.807, 2.05) is 19.1 Å². The molecule has 2 aromatic rings. The van der Waals surface area contributed by atoms with Crippen LogP contribution in [0.25, 0.3) is 5.69 Å². The number of anilines is 1. The Kier molecular flexibility index (Phi) is 2.36. The molecule has 6 heteroatoms. The Hall–Kier alpha value is -2.24. The SMILES string of the molecule is CNc1nn(-c2cccc3c2OC(C)C3)c(=O)o1. The van der Waals surface area contributed by atoms with Crippen molar-refractivity contribution in [2.45, 2.75) is 19.4 Å². The molecule has 0 fully saturated rings. The minimum atomic E-state index is -0.532. The van der Waals surface area contributed by atoms with Gasteiger partial charge in [0.1, 0.15) is 17.5 Å². The van der Waals surface area contributed by atoms with Crippen molar-refractivity contribution in [1.82, 2.24) is 9.78 Å². The molecule has 6 nitrogen and oxygen atoms in total. The van der Waals surface area contributed by atoms with Gasteiger partial charge >= 0.3 is 11.8 Å². The Bertz CT molecular complexity index is 644. The molecule has 1 unspecified atom stereocenters. The molecule has 0 saturated carbocycles. The first-order valence-electron chi connectivity index (χ1n) is 5.76. The van der Waals surface area contributed by atoms with E-state index in [0.29, 0.717) is 11.4 Å². The maximum absolute atomic E-state index is 11.7. The van der Waals surface area contributed by atoms with Gasteiger partial charge in [-0.05, 0) is 13.0 Å². The molecule has 1 atom stereocenters. The minimum absolute atomic E-state index is 0.118. The van der Waals surface area contributed by atoms with Gasteiger partial charge in [0.05, 0.1) is 0 Å². The molecule has 0 amide bonds. The fourth-order valence-electron chi connectivity index (χ4n) is 2.12. The number of para-hydroxylation sites is 1. The summed E-state index contributed by atoms with van der Waals surface area (Å²) in [7, 11) is 1.64. The lowest BCUT2D eigenvalue weighted by atomic mass is 10.1. The van der Waals surface area contributed by atoms with Crippen molar-refractivity contribution in [3.63, 3.8) is 0 Å². The molecule has 0 bridgehead atoms. The minimum Gasteiger partial charge on any atom is -0.488 e. The number of hydrogen-bond acceptors (Lipinski definition) is 5. The lowest BCUT2D eigenvalue weighted by Crippen LogP contribution is -2.15. The molecule has 1 aliphatic heterocycles. The summed E-state index contributed by atoms with van der Waals surface area (Å²) in [6.45, 7) is 1.99. The summed E-state index contributed by atoms with van der Waals surface area (Å²) < 4.78 is 11.9. The second-order valence-corrected chi connectivity index (χ2v) is 4.23. The standard InChI is InChI=1S/C12H13N3O3/c1-7-6-8-4-3-5-9(10(8)17-7)15-12(16)18-11(13-2)14-15/h3-5,7H,6H2,1-2H3,(H,13,14). The topological polar surface area (TPSA) is 69.3 Å². The largest absolute Gasteiger partial charge is 0.488 e. The molecular weight excluding hydrogens is 234 g/mol. The molecule has 1 aliphatic rings. The van der Waals surface area contributed by atoms with Crippen LogP contribution in [0, 0.1) is 0 Å². The summed E-state index contributed by atoms with van der Waals surface area (Å²) in [6.07, 6.45) is 0.960. The number of rotatable bonds is 2. The van der Waals surface area contributed by atoms with Crippen molar-refractivity contribution >= 4 is 6.01 Å². The predicted octanol–water partition coefficient (Wildman–Crippen LogP) is 1.19. The quantitative estimate of drug-likeness (QED) is 0.863. The Balaban J connectivity index is 2.16. The fourth-order valence-corrected chi connectivity index (χ4v) is 2.12. The van der Waals surface area contributed by atoms with E-state index in [0.717, 1.165) is 12.0 Å². The van der Waals surface area contributed by atoms with Gasteiger partial charge in [-0.15, -0.1) is 5.10 Å². The summed E-state index contributed by atoms with van der Waals surface area (Å²) >= 11 is 0. The number of hydrogen-bond donors (Lipinski definition) is 1. The molecule has 0 spiro atoms. The molecule has 2 heterocycles. The van der Waals surface area contributed by atoms with Crippen molar-refractivity contribution in [1.29, 1.82) is 0 Å². The molecule has 3 rings (SSSR count). The zero-order valence-electron chi connectivity index (χ0n) is 10.1. The molecule has 94 valence electrons. The average Bonchev–Trinajstić information content (AvgIpc) is 2.90. The van der Waals surface area contributed by atoms with E-state index < -0.39 is 5.76 Å². The zero-order valence-corrected chi connectivity index (χ0v) is 10.1. The van der Waals surface area contributed by atoms with E-state index in [4.69, 9.17) is 9.15 Å². The number of benzene rings is 1. The van der Waals surface area contributed by atoms with Crippen LogP contribution in [-0.4, -0.2) is 22.9 Å². The molecular formula is C12H13N3O3. The monoisotopic (exact) mass is 247 g/mol. The van der Waals surface area contributed by atoms with Crippen LogP contribution in [0.1, 0.15) is 12.5 Å². The van der Waals surface area contributed by atoms with E-state index in [1.54, 1.807) is 13.1 Å². The lowest BCUT2D eigenvalue weighted by Gasteiger charge is -2.07. The molecule has 0 aliphatic carbocycles. The number of fused-ring (bicyclic) bond motifs is 1. The summed E-state index contributed by atoms with van der Waals surface area (Å²) in [5.41, 5.74) is 1.70. The second kappa shape index (κ2) is 3.90. The maximum atomic E-state index is 11.7. The number of nitrogens with zero attached hydrogens (tertiary/aromatic N) is 2. The Morgan fingerprint density at radius 2 is 2.33 bits per heavy atom.